The molecule has 7 heteroatoms. The van der Waals surface area contributed by atoms with Gasteiger partial charge in [0.2, 0.25) is 5.91 Å². The Labute approximate surface area is 188 Å². The first-order valence-electron chi connectivity index (χ1n) is 9.36. The third-order valence-electron chi connectivity index (χ3n) is 4.62. The van der Waals surface area contributed by atoms with Crippen molar-refractivity contribution in [3.8, 4) is 5.75 Å². The van der Waals surface area contributed by atoms with Gasteiger partial charge in [-0.15, -0.1) is 24.0 Å². The number of rotatable bonds is 7. The molecule has 1 aliphatic rings. The van der Waals surface area contributed by atoms with Crippen LogP contribution in [-0.4, -0.2) is 32.1 Å². The number of hydrogen-bond donors (Lipinski definition) is 3. The molecule has 1 unspecified atom stereocenters. The van der Waals surface area contributed by atoms with Crippen molar-refractivity contribution in [2.75, 3.05) is 25.5 Å². The first-order valence-corrected chi connectivity index (χ1v) is 9.36. The van der Waals surface area contributed by atoms with Crippen molar-refractivity contribution < 1.29 is 9.53 Å². The highest BCUT2D eigenvalue weighted by Crippen LogP contribution is 2.31. The molecule has 1 heterocycles. The number of amides is 1. The number of para-hydroxylation sites is 2. The van der Waals surface area contributed by atoms with E-state index in [4.69, 9.17) is 4.74 Å². The number of carbonyl (C=O) groups is 1. The Kier molecular flexibility index (Phi) is 8.98. The fraction of sp³-hybridized carbons (Fsp3) is 0.273. The fourth-order valence-electron chi connectivity index (χ4n) is 3.24. The lowest BCUT2D eigenvalue weighted by Crippen LogP contribution is -2.40. The molecule has 6 nitrogen and oxygen atoms in total. The van der Waals surface area contributed by atoms with Gasteiger partial charge in [0.15, 0.2) is 5.96 Å². The van der Waals surface area contributed by atoms with Gasteiger partial charge < -0.3 is 20.7 Å². The van der Waals surface area contributed by atoms with Crippen molar-refractivity contribution in [3.63, 3.8) is 0 Å². The smallest absolute Gasteiger partial charge is 0.225 e. The number of halogens is 1. The number of nitrogens with zero attached hydrogens (tertiary/aromatic N) is 1. The number of aliphatic imine (C=N–C) groups is 1. The number of nitrogens with one attached hydrogen (secondary N) is 3. The van der Waals surface area contributed by atoms with E-state index in [2.05, 4.69) is 33.6 Å². The van der Waals surface area contributed by atoms with Crippen LogP contribution in [0, 0.1) is 0 Å². The second-order valence-corrected chi connectivity index (χ2v) is 6.55. The lowest BCUT2D eigenvalue weighted by molar-refractivity contribution is -0.116. The molecule has 29 heavy (non-hydrogen) atoms. The van der Waals surface area contributed by atoms with E-state index in [1.807, 2.05) is 42.5 Å². The van der Waals surface area contributed by atoms with Crippen molar-refractivity contribution in [1.29, 1.82) is 0 Å². The van der Waals surface area contributed by atoms with Crippen molar-refractivity contribution in [2.45, 2.75) is 18.9 Å². The molecule has 154 valence electrons. The molecule has 1 atom stereocenters. The zero-order valence-corrected chi connectivity index (χ0v) is 18.8. The molecule has 2 aromatic rings. The molecule has 3 N–H and O–H groups in total. The number of anilines is 1. The normalized spacial score (nSPS) is 15.4. The maximum absolute atomic E-state index is 12.0. The van der Waals surface area contributed by atoms with E-state index in [9.17, 15) is 4.79 Å². The average molecular weight is 506 g/mol. The van der Waals surface area contributed by atoms with Crippen LogP contribution in [0.4, 0.5) is 5.69 Å². The first kappa shape index (κ1) is 22.7. The van der Waals surface area contributed by atoms with Crippen LogP contribution in [0.25, 0.3) is 0 Å². The van der Waals surface area contributed by atoms with Crippen molar-refractivity contribution in [1.82, 2.24) is 10.6 Å². The van der Waals surface area contributed by atoms with Crippen LogP contribution in [0.5, 0.6) is 5.75 Å². The quantitative estimate of drug-likeness (QED) is 0.232. The van der Waals surface area contributed by atoms with Gasteiger partial charge in [-0.3, -0.25) is 9.79 Å². The molecular formula is C22H27IN4O2. The minimum Gasteiger partial charge on any atom is -0.489 e. The Morgan fingerprint density at radius 2 is 2.00 bits per heavy atom. The van der Waals surface area contributed by atoms with Gasteiger partial charge in [0, 0.05) is 43.7 Å². The molecule has 2 aromatic carbocycles. The van der Waals surface area contributed by atoms with Crippen molar-refractivity contribution >= 4 is 41.5 Å². The van der Waals surface area contributed by atoms with E-state index in [0.29, 0.717) is 32.1 Å². The van der Waals surface area contributed by atoms with Gasteiger partial charge in [0.05, 0.1) is 0 Å². The first-order chi connectivity index (χ1) is 13.7. The van der Waals surface area contributed by atoms with Gasteiger partial charge in [-0.25, -0.2) is 0 Å². The number of hydrogen-bond acceptors (Lipinski definition) is 3. The van der Waals surface area contributed by atoms with E-state index in [1.54, 1.807) is 13.1 Å². The zero-order valence-electron chi connectivity index (χ0n) is 16.5. The van der Waals surface area contributed by atoms with E-state index in [-0.39, 0.29) is 35.8 Å². The Bertz CT molecular complexity index is 869. The van der Waals surface area contributed by atoms with Crippen LogP contribution >= 0.6 is 24.0 Å². The molecule has 0 fully saturated rings. The maximum Gasteiger partial charge on any atom is 0.225 e. The summed E-state index contributed by atoms with van der Waals surface area (Å²) in [5.41, 5.74) is 3.07. The highest BCUT2D eigenvalue weighted by molar-refractivity contribution is 14.0. The van der Waals surface area contributed by atoms with E-state index < -0.39 is 0 Å². The average Bonchev–Trinajstić information content (AvgIpc) is 2.72. The van der Waals surface area contributed by atoms with Crippen LogP contribution < -0.4 is 20.7 Å². The Balaban J connectivity index is 0.00000300. The Hall–Kier alpha value is -2.55. The fourth-order valence-corrected chi connectivity index (χ4v) is 3.24. The topological polar surface area (TPSA) is 74.8 Å². The molecule has 1 amide bonds. The number of benzene rings is 2. The largest absolute Gasteiger partial charge is 0.489 e. The molecule has 0 radical (unpaired) electrons. The second kappa shape index (κ2) is 11.5. The van der Waals surface area contributed by atoms with Gasteiger partial charge >= 0.3 is 0 Å². The van der Waals surface area contributed by atoms with E-state index in [0.717, 1.165) is 22.6 Å². The predicted octanol–water partition coefficient (Wildman–Crippen LogP) is 3.66. The number of fused-ring (bicyclic) bond motifs is 1. The molecule has 0 aromatic heterocycles. The molecule has 0 aliphatic carbocycles. The van der Waals surface area contributed by atoms with Crippen LogP contribution in [0.15, 0.2) is 66.2 Å². The maximum atomic E-state index is 12.0. The third-order valence-corrected chi connectivity index (χ3v) is 4.62. The van der Waals surface area contributed by atoms with Gasteiger partial charge in [0.25, 0.3) is 0 Å². The molecule has 0 bridgehead atoms. The number of carbonyl (C=O) groups excluding carboxylic acids is 1. The summed E-state index contributed by atoms with van der Waals surface area (Å²) in [5, 5.41) is 9.57. The SMILES string of the molecule is C=CCOc1ccccc1CNC(=NC)NCC1CC(=O)Nc2ccccc21.I. The minimum absolute atomic E-state index is 0. The molecule has 0 saturated heterocycles. The number of ether oxygens (including phenoxy) is 1. The van der Waals surface area contributed by atoms with Gasteiger partial charge in [-0.2, -0.15) is 0 Å². The Morgan fingerprint density at radius 3 is 2.79 bits per heavy atom. The summed E-state index contributed by atoms with van der Waals surface area (Å²) >= 11 is 0. The third kappa shape index (κ3) is 6.22. The molecule has 0 saturated carbocycles. The zero-order chi connectivity index (χ0) is 19.8. The molecule has 3 rings (SSSR count). The lowest BCUT2D eigenvalue weighted by atomic mass is 9.90. The van der Waals surface area contributed by atoms with Crippen LogP contribution in [-0.2, 0) is 11.3 Å². The predicted molar refractivity (Wildman–Crippen MR) is 128 cm³/mol. The van der Waals surface area contributed by atoms with Crippen molar-refractivity contribution in [3.05, 3.63) is 72.3 Å². The Morgan fingerprint density at radius 1 is 1.24 bits per heavy atom. The molecular weight excluding hydrogens is 479 g/mol. The summed E-state index contributed by atoms with van der Waals surface area (Å²) < 4.78 is 5.70. The summed E-state index contributed by atoms with van der Waals surface area (Å²) in [6, 6.07) is 15.8. The summed E-state index contributed by atoms with van der Waals surface area (Å²) in [6.07, 6.45) is 2.18. The summed E-state index contributed by atoms with van der Waals surface area (Å²) in [5.74, 6) is 1.65. The highest BCUT2D eigenvalue weighted by atomic mass is 127. The summed E-state index contributed by atoms with van der Waals surface area (Å²) in [7, 11) is 1.73. The van der Waals surface area contributed by atoms with E-state index in [1.165, 1.54) is 0 Å². The number of guanidine groups is 1. The van der Waals surface area contributed by atoms with Crippen molar-refractivity contribution in [2.24, 2.45) is 4.99 Å². The highest BCUT2D eigenvalue weighted by Gasteiger charge is 2.24. The second-order valence-electron chi connectivity index (χ2n) is 6.55. The van der Waals surface area contributed by atoms with Crippen LogP contribution in [0.1, 0.15) is 23.5 Å². The van der Waals surface area contributed by atoms with Gasteiger partial charge in [0.1, 0.15) is 12.4 Å². The lowest BCUT2D eigenvalue weighted by Gasteiger charge is -2.26. The van der Waals surface area contributed by atoms with Gasteiger partial charge in [-0.1, -0.05) is 49.1 Å². The van der Waals surface area contributed by atoms with Crippen LogP contribution in [0.2, 0.25) is 0 Å². The minimum atomic E-state index is 0. The van der Waals surface area contributed by atoms with Gasteiger partial charge in [-0.05, 0) is 17.7 Å². The monoisotopic (exact) mass is 506 g/mol. The van der Waals surface area contributed by atoms with Crippen LogP contribution in [0.3, 0.4) is 0 Å². The standard InChI is InChI=1S/C22H26N4O2.HI/c1-3-12-28-20-11-7-4-8-16(20)14-24-22(23-2)25-15-17-13-21(27)26-19-10-6-5-9-18(17)19;/h3-11,17H,1,12-15H2,2H3,(H,26,27)(H2,23,24,25);1H. The molecule has 1 aliphatic heterocycles. The van der Waals surface area contributed by atoms with E-state index >= 15 is 0 Å². The summed E-state index contributed by atoms with van der Waals surface area (Å²) in [4.78, 5) is 16.3. The summed E-state index contributed by atoms with van der Waals surface area (Å²) in [6.45, 7) is 5.35. The molecule has 0 spiro atoms.